The Morgan fingerprint density at radius 1 is 1.37 bits per heavy atom. The van der Waals surface area contributed by atoms with Crippen LogP contribution in [0.4, 0.5) is 0 Å². The molecule has 0 bridgehead atoms. The molecule has 1 aromatic rings. The Morgan fingerprint density at radius 2 is 2.16 bits per heavy atom. The normalized spacial score (nSPS) is 23.5. The lowest BCUT2D eigenvalue weighted by molar-refractivity contribution is 0.101. The highest BCUT2D eigenvalue weighted by atomic mass is 79.9. The van der Waals surface area contributed by atoms with Gasteiger partial charge in [-0.15, -0.1) is 0 Å². The van der Waals surface area contributed by atoms with Crippen molar-refractivity contribution < 1.29 is 10.2 Å². The second-order valence-electron chi connectivity index (χ2n) is 5.55. The van der Waals surface area contributed by atoms with Crippen molar-refractivity contribution in [1.29, 1.82) is 0 Å². The van der Waals surface area contributed by atoms with E-state index in [1.54, 1.807) is 0 Å². The molecule has 0 radical (unpaired) electrons. The minimum absolute atomic E-state index is 0.123. The van der Waals surface area contributed by atoms with E-state index in [1.165, 1.54) is 6.42 Å². The monoisotopic (exact) mass is 327 g/mol. The van der Waals surface area contributed by atoms with Crippen molar-refractivity contribution >= 4 is 15.9 Å². The predicted octanol–water partition coefficient (Wildman–Crippen LogP) is 3.10. The standard InChI is InChI=1S/C15H22BrNO2/c1-10-5-13(16)7-12(15(10)19)9-17-8-11-3-2-4-14(18)6-11/h5,7,11,14,17-19H,2-4,6,8-9H2,1H3. The van der Waals surface area contributed by atoms with Crippen LogP contribution in [0.15, 0.2) is 16.6 Å². The van der Waals surface area contributed by atoms with Gasteiger partial charge in [-0.1, -0.05) is 22.4 Å². The molecule has 0 amide bonds. The van der Waals surface area contributed by atoms with Gasteiger partial charge in [0, 0.05) is 16.6 Å². The van der Waals surface area contributed by atoms with Crippen LogP contribution in [0.1, 0.15) is 36.8 Å². The lowest BCUT2D eigenvalue weighted by atomic mass is 9.87. The van der Waals surface area contributed by atoms with Gasteiger partial charge in [0.15, 0.2) is 0 Å². The van der Waals surface area contributed by atoms with Gasteiger partial charge in [0.2, 0.25) is 0 Å². The molecule has 106 valence electrons. The fraction of sp³-hybridized carbons (Fsp3) is 0.600. The summed E-state index contributed by atoms with van der Waals surface area (Å²) in [5.41, 5.74) is 1.81. The number of phenolic OH excluding ortho intramolecular Hbond substituents is 1. The maximum absolute atomic E-state index is 10.0. The first-order valence-electron chi connectivity index (χ1n) is 6.93. The van der Waals surface area contributed by atoms with Gasteiger partial charge < -0.3 is 15.5 Å². The van der Waals surface area contributed by atoms with Crippen molar-refractivity contribution in [2.45, 2.75) is 45.3 Å². The highest BCUT2D eigenvalue weighted by molar-refractivity contribution is 9.10. The summed E-state index contributed by atoms with van der Waals surface area (Å²) >= 11 is 3.45. The number of aliphatic hydroxyl groups is 1. The van der Waals surface area contributed by atoms with Crippen LogP contribution < -0.4 is 5.32 Å². The number of benzene rings is 1. The van der Waals surface area contributed by atoms with Gasteiger partial charge in [0.1, 0.15) is 5.75 Å². The van der Waals surface area contributed by atoms with Crippen molar-refractivity contribution in [1.82, 2.24) is 5.32 Å². The number of aryl methyl sites for hydroxylation is 1. The summed E-state index contributed by atoms with van der Waals surface area (Å²) in [5, 5.41) is 23.0. The fourth-order valence-corrected chi connectivity index (χ4v) is 3.42. The third-order valence-corrected chi connectivity index (χ3v) is 4.31. The Labute approximate surface area is 123 Å². The molecule has 0 heterocycles. The van der Waals surface area contributed by atoms with Crippen LogP contribution in [-0.2, 0) is 6.54 Å². The molecule has 3 nitrogen and oxygen atoms in total. The van der Waals surface area contributed by atoms with Gasteiger partial charge in [0.25, 0.3) is 0 Å². The van der Waals surface area contributed by atoms with Crippen LogP contribution in [0, 0.1) is 12.8 Å². The van der Waals surface area contributed by atoms with Gasteiger partial charge in [-0.25, -0.2) is 0 Å². The largest absolute Gasteiger partial charge is 0.507 e. The summed E-state index contributed by atoms with van der Waals surface area (Å²) < 4.78 is 0.993. The average molecular weight is 328 g/mol. The number of aromatic hydroxyl groups is 1. The minimum atomic E-state index is -0.123. The number of nitrogens with one attached hydrogen (secondary N) is 1. The van der Waals surface area contributed by atoms with E-state index in [0.717, 1.165) is 41.4 Å². The Balaban J connectivity index is 1.85. The first-order chi connectivity index (χ1) is 9.06. The molecule has 1 aliphatic carbocycles. The van der Waals surface area contributed by atoms with Crippen molar-refractivity contribution in [3.8, 4) is 5.75 Å². The van der Waals surface area contributed by atoms with Gasteiger partial charge >= 0.3 is 0 Å². The average Bonchev–Trinajstić information content (AvgIpc) is 2.35. The number of phenols is 1. The van der Waals surface area contributed by atoms with Crippen LogP contribution in [-0.4, -0.2) is 22.9 Å². The van der Waals surface area contributed by atoms with Crippen LogP contribution in [0.25, 0.3) is 0 Å². The highest BCUT2D eigenvalue weighted by Crippen LogP contribution is 2.27. The molecule has 4 heteroatoms. The van der Waals surface area contributed by atoms with E-state index in [9.17, 15) is 10.2 Å². The molecule has 1 aromatic carbocycles. The first-order valence-corrected chi connectivity index (χ1v) is 7.72. The Kier molecular flexibility index (Phi) is 5.25. The molecule has 1 fully saturated rings. The second kappa shape index (κ2) is 6.73. The molecule has 19 heavy (non-hydrogen) atoms. The molecular formula is C15H22BrNO2. The van der Waals surface area contributed by atoms with Crippen molar-refractivity contribution in [2.75, 3.05) is 6.54 Å². The van der Waals surface area contributed by atoms with E-state index in [4.69, 9.17) is 0 Å². The molecular weight excluding hydrogens is 306 g/mol. The van der Waals surface area contributed by atoms with Crippen molar-refractivity contribution in [3.05, 3.63) is 27.7 Å². The zero-order valence-electron chi connectivity index (χ0n) is 11.3. The Bertz CT molecular complexity index is 436. The van der Waals surface area contributed by atoms with Crippen LogP contribution >= 0.6 is 15.9 Å². The van der Waals surface area contributed by atoms with Gasteiger partial charge in [-0.2, -0.15) is 0 Å². The van der Waals surface area contributed by atoms with E-state index in [0.29, 0.717) is 18.2 Å². The van der Waals surface area contributed by atoms with Crippen LogP contribution in [0.2, 0.25) is 0 Å². The molecule has 0 spiro atoms. The van der Waals surface area contributed by atoms with E-state index in [-0.39, 0.29) is 6.10 Å². The molecule has 2 rings (SSSR count). The maximum atomic E-state index is 10.0. The number of rotatable bonds is 4. The maximum Gasteiger partial charge on any atom is 0.123 e. The predicted molar refractivity (Wildman–Crippen MR) is 80.2 cm³/mol. The Hall–Kier alpha value is -0.580. The summed E-state index contributed by atoms with van der Waals surface area (Å²) in [6.45, 7) is 3.47. The molecule has 0 aliphatic heterocycles. The zero-order chi connectivity index (χ0) is 13.8. The first kappa shape index (κ1) is 14.8. The van der Waals surface area contributed by atoms with E-state index in [2.05, 4.69) is 21.2 Å². The number of aliphatic hydroxyl groups excluding tert-OH is 1. The molecule has 0 aromatic heterocycles. The van der Waals surface area contributed by atoms with Gasteiger partial charge in [-0.05, 0) is 56.3 Å². The Morgan fingerprint density at radius 3 is 2.89 bits per heavy atom. The SMILES string of the molecule is Cc1cc(Br)cc(CNCC2CCCC(O)C2)c1O. The third kappa shape index (κ3) is 4.20. The lowest BCUT2D eigenvalue weighted by Gasteiger charge is -2.26. The number of hydrogen-bond donors (Lipinski definition) is 3. The van der Waals surface area contributed by atoms with Crippen LogP contribution in [0.3, 0.4) is 0 Å². The summed E-state index contributed by atoms with van der Waals surface area (Å²) in [7, 11) is 0. The van der Waals surface area contributed by atoms with Gasteiger partial charge in [0.05, 0.1) is 6.10 Å². The molecule has 3 N–H and O–H groups in total. The summed E-state index contributed by atoms with van der Waals surface area (Å²) in [6, 6.07) is 3.86. The summed E-state index contributed by atoms with van der Waals surface area (Å²) in [5.74, 6) is 0.929. The topological polar surface area (TPSA) is 52.5 Å². The van der Waals surface area contributed by atoms with E-state index >= 15 is 0 Å². The smallest absolute Gasteiger partial charge is 0.123 e. The summed E-state index contributed by atoms with van der Waals surface area (Å²) in [6.07, 6.45) is 4.03. The third-order valence-electron chi connectivity index (χ3n) is 3.85. The number of hydrogen-bond acceptors (Lipinski definition) is 3. The minimum Gasteiger partial charge on any atom is -0.507 e. The van der Waals surface area contributed by atoms with Crippen molar-refractivity contribution in [3.63, 3.8) is 0 Å². The molecule has 2 atom stereocenters. The van der Waals surface area contributed by atoms with Gasteiger partial charge in [-0.3, -0.25) is 0 Å². The van der Waals surface area contributed by atoms with Crippen molar-refractivity contribution in [2.24, 2.45) is 5.92 Å². The molecule has 0 saturated heterocycles. The summed E-state index contributed by atoms with van der Waals surface area (Å²) in [4.78, 5) is 0. The van der Waals surface area contributed by atoms with E-state index in [1.807, 2.05) is 19.1 Å². The molecule has 2 unspecified atom stereocenters. The zero-order valence-corrected chi connectivity index (χ0v) is 12.9. The quantitative estimate of drug-likeness (QED) is 0.796. The van der Waals surface area contributed by atoms with E-state index < -0.39 is 0 Å². The number of halogens is 1. The lowest BCUT2D eigenvalue weighted by Crippen LogP contribution is -2.28. The second-order valence-corrected chi connectivity index (χ2v) is 6.46. The highest BCUT2D eigenvalue weighted by Gasteiger charge is 2.19. The molecule has 1 saturated carbocycles. The fourth-order valence-electron chi connectivity index (χ4n) is 2.80. The molecule has 1 aliphatic rings. The van der Waals surface area contributed by atoms with Crippen LogP contribution in [0.5, 0.6) is 5.75 Å².